The van der Waals surface area contributed by atoms with Crippen molar-refractivity contribution in [1.29, 1.82) is 0 Å². The highest BCUT2D eigenvalue weighted by Gasteiger charge is 2.18. The molecule has 0 aromatic heterocycles. The molecule has 5 heteroatoms. The number of benzene rings is 2. The summed E-state index contributed by atoms with van der Waals surface area (Å²) in [6, 6.07) is 15.0. The minimum Gasteiger partial charge on any atom is -0.350 e. The average Bonchev–Trinajstić information content (AvgIpc) is 2.58. The van der Waals surface area contributed by atoms with Crippen LogP contribution in [0.3, 0.4) is 0 Å². The lowest BCUT2D eigenvalue weighted by molar-refractivity contribution is -0.123. The van der Waals surface area contributed by atoms with Crippen LogP contribution in [0, 0.1) is 0 Å². The fourth-order valence-corrected chi connectivity index (χ4v) is 2.68. The molecular weight excluding hydrogens is 324 g/mol. The zero-order chi connectivity index (χ0) is 17.5. The molecule has 0 saturated carbocycles. The Labute approximate surface area is 147 Å². The van der Waals surface area contributed by atoms with E-state index in [1.807, 2.05) is 49.4 Å². The van der Waals surface area contributed by atoms with Gasteiger partial charge in [-0.1, -0.05) is 54.9 Å². The van der Waals surface area contributed by atoms with Crippen molar-refractivity contribution in [3.05, 3.63) is 64.7 Å². The SMILES string of the molecule is CCc1ccccc1N(CC(=O)NCc1ccccc1Cl)C(C)=O. The van der Waals surface area contributed by atoms with Crippen molar-refractivity contribution in [3.8, 4) is 0 Å². The highest BCUT2D eigenvalue weighted by Crippen LogP contribution is 2.21. The zero-order valence-electron chi connectivity index (χ0n) is 13.9. The van der Waals surface area contributed by atoms with Crippen LogP contribution in [0.15, 0.2) is 48.5 Å². The van der Waals surface area contributed by atoms with E-state index in [2.05, 4.69) is 5.32 Å². The standard InChI is InChI=1S/C19H21ClN2O2/c1-3-15-8-5-7-11-18(15)22(14(2)23)13-19(24)21-12-16-9-4-6-10-17(16)20/h4-11H,3,12-13H2,1-2H3,(H,21,24). The summed E-state index contributed by atoms with van der Waals surface area (Å²) in [5.41, 5.74) is 2.66. The first-order valence-electron chi connectivity index (χ1n) is 7.89. The number of amides is 2. The molecule has 2 amide bonds. The largest absolute Gasteiger partial charge is 0.350 e. The first kappa shape index (κ1) is 18.0. The number of nitrogens with one attached hydrogen (secondary N) is 1. The topological polar surface area (TPSA) is 49.4 Å². The molecule has 2 aromatic rings. The second-order valence-corrected chi connectivity index (χ2v) is 5.86. The normalized spacial score (nSPS) is 10.3. The summed E-state index contributed by atoms with van der Waals surface area (Å²) in [6.45, 7) is 3.80. The molecule has 2 rings (SSSR count). The molecule has 0 spiro atoms. The van der Waals surface area contributed by atoms with E-state index in [4.69, 9.17) is 11.6 Å². The van der Waals surface area contributed by atoms with Crippen molar-refractivity contribution in [2.45, 2.75) is 26.8 Å². The van der Waals surface area contributed by atoms with Crippen LogP contribution >= 0.6 is 11.6 Å². The Hall–Kier alpha value is -2.33. The number of carbonyl (C=O) groups excluding carboxylic acids is 2. The Kier molecular flexibility index (Phi) is 6.38. The fraction of sp³-hybridized carbons (Fsp3) is 0.263. The fourth-order valence-electron chi connectivity index (χ4n) is 2.47. The third kappa shape index (κ3) is 4.59. The van der Waals surface area contributed by atoms with Gasteiger partial charge in [0.1, 0.15) is 6.54 Å². The van der Waals surface area contributed by atoms with Gasteiger partial charge in [0.25, 0.3) is 0 Å². The number of carbonyl (C=O) groups is 2. The summed E-state index contributed by atoms with van der Waals surface area (Å²) in [4.78, 5) is 25.8. The quantitative estimate of drug-likeness (QED) is 0.870. The van der Waals surface area contributed by atoms with Crippen molar-refractivity contribution in [1.82, 2.24) is 5.32 Å². The van der Waals surface area contributed by atoms with Crippen molar-refractivity contribution in [2.24, 2.45) is 0 Å². The molecule has 0 unspecified atom stereocenters. The molecule has 0 radical (unpaired) electrons. The van der Waals surface area contributed by atoms with Crippen molar-refractivity contribution >= 4 is 29.1 Å². The van der Waals surface area contributed by atoms with Gasteiger partial charge in [-0.25, -0.2) is 0 Å². The van der Waals surface area contributed by atoms with Gasteiger partial charge in [-0.2, -0.15) is 0 Å². The molecule has 0 aliphatic carbocycles. The van der Waals surface area contributed by atoms with E-state index in [1.54, 1.807) is 6.07 Å². The monoisotopic (exact) mass is 344 g/mol. The second kappa shape index (κ2) is 8.50. The molecule has 0 atom stereocenters. The Morgan fingerprint density at radius 3 is 2.29 bits per heavy atom. The number of rotatable bonds is 6. The van der Waals surface area contributed by atoms with Crippen LogP contribution in [0.2, 0.25) is 5.02 Å². The Balaban J connectivity index is 2.07. The van der Waals surface area contributed by atoms with Crippen molar-refractivity contribution in [2.75, 3.05) is 11.4 Å². The number of para-hydroxylation sites is 1. The molecule has 2 aromatic carbocycles. The summed E-state index contributed by atoms with van der Waals surface area (Å²) >= 11 is 6.08. The minimum absolute atomic E-state index is 0.0171. The van der Waals surface area contributed by atoms with Crippen LogP contribution in [0.4, 0.5) is 5.69 Å². The Bertz CT molecular complexity index is 731. The van der Waals surface area contributed by atoms with Gasteiger partial charge >= 0.3 is 0 Å². The summed E-state index contributed by atoms with van der Waals surface area (Å²) in [7, 11) is 0. The molecule has 0 aliphatic rings. The van der Waals surface area contributed by atoms with Crippen LogP contribution in [0.5, 0.6) is 0 Å². The molecule has 0 fully saturated rings. The van der Waals surface area contributed by atoms with E-state index in [0.717, 1.165) is 23.2 Å². The van der Waals surface area contributed by atoms with Crippen molar-refractivity contribution in [3.63, 3.8) is 0 Å². The number of hydrogen-bond donors (Lipinski definition) is 1. The highest BCUT2D eigenvalue weighted by molar-refractivity contribution is 6.31. The third-order valence-electron chi connectivity index (χ3n) is 3.78. The van der Waals surface area contributed by atoms with E-state index in [0.29, 0.717) is 11.6 Å². The van der Waals surface area contributed by atoms with Gasteiger partial charge in [0.15, 0.2) is 0 Å². The van der Waals surface area contributed by atoms with Gasteiger partial charge in [0.05, 0.1) is 0 Å². The molecular formula is C19H21ClN2O2. The van der Waals surface area contributed by atoms with E-state index < -0.39 is 0 Å². The summed E-state index contributed by atoms with van der Waals surface area (Å²) in [6.07, 6.45) is 0.793. The summed E-state index contributed by atoms with van der Waals surface area (Å²) in [5.74, 6) is -0.389. The zero-order valence-corrected chi connectivity index (χ0v) is 14.6. The molecule has 1 N–H and O–H groups in total. The molecule has 4 nitrogen and oxygen atoms in total. The van der Waals surface area contributed by atoms with Crippen LogP contribution in [-0.2, 0) is 22.6 Å². The number of aryl methyl sites for hydroxylation is 1. The maximum atomic E-state index is 12.3. The maximum Gasteiger partial charge on any atom is 0.240 e. The predicted molar refractivity (Wildman–Crippen MR) is 97.1 cm³/mol. The maximum absolute atomic E-state index is 12.3. The van der Waals surface area contributed by atoms with Gasteiger partial charge in [-0.05, 0) is 29.7 Å². The minimum atomic E-state index is -0.226. The Morgan fingerprint density at radius 2 is 1.67 bits per heavy atom. The smallest absolute Gasteiger partial charge is 0.240 e. The highest BCUT2D eigenvalue weighted by atomic mass is 35.5. The van der Waals surface area contributed by atoms with Crippen molar-refractivity contribution < 1.29 is 9.59 Å². The first-order valence-corrected chi connectivity index (χ1v) is 8.26. The summed E-state index contributed by atoms with van der Waals surface area (Å²) in [5, 5.41) is 3.42. The van der Waals surface area contributed by atoms with Gasteiger partial charge in [-0.3, -0.25) is 9.59 Å². The second-order valence-electron chi connectivity index (χ2n) is 5.46. The van der Waals surface area contributed by atoms with Crippen LogP contribution < -0.4 is 10.2 Å². The first-order chi connectivity index (χ1) is 11.5. The molecule has 0 aliphatic heterocycles. The number of halogens is 1. The molecule has 0 bridgehead atoms. The Morgan fingerprint density at radius 1 is 1.04 bits per heavy atom. The van der Waals surface area contributed by atoms with Gasteiger partial charge < -0.3 is 10.2 Å². The van der Waals surface area contributed by atoms with Crippen LogP contribution in [0.1, 0.15) is 25.0 Å². The number of nitrogens with zero attached hydrogens (tertiary/aromatic N) is 1. The lowest BCUT2D eigenvalue weighted by Crippen LogP contribution is -2.40. The lowest BCUT2D eigenvalue weighted by atomic mass is 10.1. The third-order valence-corrected chi connectivity index (χ3v) is 4.15. The molecule has 126 valence electrons. The summed E-state index contributed by atoms with van der Waals surface area (Å²) < 4.78 is 0. The van der Waals surface area contributed by atoms with Gasteiger partial charge in [-0.15, -0.1) is 0 Å². The molecule has 0 saturated heterocycles. The molecule has 0 heterocycles. The van der Waals surface area contributed by atoms with Crippen LogP contribution in [-0.4, -0.2) is 18.4 Å². The van der Waals surface area contributed by atoms with Crippen LogP contribution in [0.25, 0.3) is 0 Å². The van der Waals surface area contributed by atoms with Gasteiger partial charge in [0.2, 0.25) is 11.8 Å². The lowest BCUT2D eigenvalue weighted by Gasteiger charge is -2.23. The number of anilines is 1. The molecule has 24 heavy (non-hydrogen) atoms. The average molecular weight is 345 g/mol. The van der Waals surface area contributed by atoms with E-state index >= 15 is 0 Å². The number of hydrogen-bond acceptors (Lipinski definition) is 2. The predicted octanol–water partition coefficient (Wildman–Crippen LogP) is 3.57. The van der Waals surface area contributed by atoms with Gasteiger partial charge in [0, 0.05) is 24.2 Å². The van der Waals surface area contributed by atoms with E-state index in [1.165, 1.54) is 11.8 Å². The van der Waals surface area contributed by atoms with E-state index in [9.17, 15) is 9.59 Å². The van der Waals surface area contributed by atoms with E-state index in [-0.39, 0.29) is 18.4 Å².